The summed E-state index contributed by atoms with van der Waals surface area (Å²) in [5.74, 6) is -0.776. The van der Waals surface area contributed by atoms with Crippen molar-refractivity contribution in [2.75, 3.05) is 0 Å². The molecule has 2 aromatic rings. The van der Waals surface area contributed by atoms with Crippen LogP contribution in [0.2, 0.25) is 5.02 Å². The molecule has 1 aliphatic rings. The molecule has 30 heavy (non-hydrogen) atoms. The molecule has 160 valence electrons. The maximum absolute atomic E-state index is 14.3. The Morgan fingerprint density at radius 3 is 2.40 bits per heavy atom. The molecule has 1 saturated carbocycles. The summed E-state index contributed by atoms with van der Waals surface area (Å²) in [7, 11) is 0. The number of halogens is 2. The van der Waals surface area contributed by atoms with E-state index < -0.39 is 6.04 Å². The molecule has 3 rings (SSSR count). The zero-order chi connectivity index (χ0) is 21.5. The number of hydrogen-bond acceptors (Lipinski definition) is 2. The lowest BCUT2D eigenvalue weighted by molar-refractivity contribution is -0.140. The molecule has 2 aromatic carbocycles. The number of aryl methyl sites for hydroxylation is 1. The fourth-order valence-corrected chi connectivity index (χ4v) is 4.10. The number of carbonyl (C=O) groups is 2. The van der Waals surface area contributed by atoms with E-state index >= 15 is 0 Å². The minimum atomic E-state index is -0.691. The summed E-state index contributed by atoms with van der Waals surface area (Å²) in [4.78, 5) is 27.4. The van der Waals surface area contributed by atoms with Crippen molar-refractivity contribution in [3.05, 3.63) is 70.5 Å². The highest BCUT2D eigenvalue weighted by Crippen LogP contribution is 2.21. The van der Waals surface area contributed by atoms with E-state index in [2.05, 4.69) is 5.32 Å². The molecule has 0 aromatic heterocycles. The molecule has 0 radical (unpaired) electrons. The molecular weight excluding hydrogens is 403 g/mol. The van der Waals surface area contributed by atoms with E-state index in [0.717, 1.165) is 31.2 Å². The highest BCUT2D eigenvalue weighted by molar-refractivity contribution is 6.31. The summed E-state index contributed by atoms with van der Waals surface area (Å²) in [5, 5.41) is 3.66. The van der Waals surface area contributed by atoms with Crippen LogP contribution in [0.5, 0.6) is 0 Å². The van der Waals surface area contributed by atoms with Crippen LogP contribution in [0.25, 0.3) is 0 Å². The van der Waals surface area contributed by atoms with Gasteiger partial charge < -0.3 is 10.2 Å². The normalized spacial score (nSPS) is 15.0. The molecule has 6 heteroatoms. The Morgan fingerprint density at radius 1 is 1.10 bits per heavy atom. The summed E-state index contributed by atoms with van der Waals surface area (Å²) in [6.07, 6.45) is 4.80. The second kappa shape index (κ2) is 10.6. The third-order valence-electron chi connectivity index (χ3n) is 5.73. The molecule has 1 aliphatic carbocycles. The van der Waals surface area contributed by atoms with Crippen molar-refractivity contribution in [1.29, 1.82) is 0 Å². The second-order valence-electron chi connectivity index (χ2n) is 7.87. The summed E-state index contributed by atoms with van der Waals surface area (Å²) < 4.78 is 14.3. The molecule has 0 heterocycles. The van der Waals surface area contributed by atoms with Crippen LogP contribution in [0.1, 0.15) is 50.2 Å². The molecule has 1 N–H and O–H groups in total. The Bertz CT molecular complexity index is 883. The van der Waals surface area contributed by atoms with E-state index in [-0.39, 0.29) is 36.6 Å². The zero-order valence-corrected chi connectivity index (χ0v) is 18.0. The van der Waals surface area contributed by atoms with Crippen molar-refractivity contribution in [2.24, 2.45) is 0 Å². The van der Waals surface area contributed by atoms with Gasteiger partial charge in [-0.1, -0.05) is 60.8 Å². The van der Waals surface area contributed by atoms with Gasteiger partial charge in [-0.05, 0) is 43.9 Å². The van der Waals surface area contributed by atoms with Crippen LogP contribution in [0, 0.1) is 5.82 Å². The fraction of sp³-hybridized carbons (Fsp3) is 0.417. The number of rotatable bonds is 8. The first-order valence-corrected chi connectivity index (χ1v) is 10.9. The van der Waals surface area contributed by atoms with Gasteiger partial charge in [0.25, 0.3) is 0 Å². The summed E-state index contributed by atoms with van der Waals surface area (Å²) >= 11 is 6.21. The molecule has 0 bridgehead atoms. The number of nitrogens with zero attached hydrogens (tertiary/aromatic N) is 1. The lowest BCUT2D eigenvalue weighted by Gasteiger charge is -2.30. The number of carbonyl (C=O) groups excluding carboxylic acids is 2. The predicted molar refractivity (Wildman–Crippen MR) is 117 cm³/mol. The number of amides is 2. The first kappa shape index (κ1) is 22.3. The van der Waals surface area contributed by atoms with Gasteiger partial charge in [-0.3, -0.25) is 9.59 Å². The fourth-order valence-electron chi connectivity index (χ4n) is 3.87. The van der Waals surface area contributed by atoms with Crippen molar-refractivity contribution < 1.29 is 14.0 Å². The topological polar surface area (TPSA) is 49.4 Å². The Kier molecular flexibility index (Phi) is 7.86. The Labute approximate surface area is 182 Å². The van der Waals surface area contributed by atoms with Crippen molar-refractivity contribution in [3.8, 4) is 0 Å². The molecule has 0 spiro atoms. The van der Waals surface area contributed by atoms with Crippen LogP contribution >= 0.6 is 11.6 Å². The van der Waals surface area contributed by atoms with Crippen LogP contribution < -0.4 is 5.32 Å². The van der Waals surface area contributed by atoms with Gasteiger partial charge in [0.1, 0.15) is 11.9 Å². The lowest BCUT2D eigenvalue weighted by Crippen LogP contribution is -2.49. The van der Waals surface area contributed by atoms with Crippen LogP contribution in [-0.4, -0.2) is 28.8 Å². The van der Waals surface area contributed by atoms with Crippen molar-refractivity contribution in [1.82, 2.24) is 10.2 Å². The standard InChI is InChI=1S/C24H28ClFN2O2/c1-17(24(30)27-20-10-4-5-11-20)28(16-19-9-3-7-13-22(19)26)23(29)15-14-18-8-2-6-12-21(18)25/h2-3,6-9,12-13,17,20H,4-5,10-11,14-16H2,1H3,(H,27,30)/t17-/m1/s1. The van der Waals surface area contributed by atoms with Gasteiger partial charge in [0.2, 0.25) is 11.8 Å². The van der Waals surface area contributed by atoms with E-state index in [9.17, 15) is 14.0 Å². The van der Waals surface area contributed by atoms with E-state index in [1.807, 2.05) is 18.2 Å². The van der Waals surface area contributed by atoms with Crippen LogP contribution in [-0.2, 0) is 22.6 Å². The third kappa shape index (κ3) is 5.82. The number of benzene rings is 2. The first-order valence-electron chi connectivity index (χ1n) is 10.5. The van der Waals surface area contributed by atoms with Gasteiger partial charge in [-0.25, -0.2) is 4.39 Å². The maximum atomic E-state index is 14.3. The predicted octanol–water partition coefficient (Wildman–Crippen LogP) is 4.89. The average Bonchev–Trinajstić information content (AvgIpc) is 3.25. The average molecular weight is 431 g/mol. The van der Waals surface area contributed by atoms with E-state index in [1.54, 1.807) is 31.2 Å². The smallest absolute Gasteiger partial charge is 0.242 e. The molecule has 2 amide bonds. The van der Waals surface area contributed by atoms with E-state index in [4.69, 9.17) is 11.6 Å². The van der Waals surface area contributed by atoms with Crippen LogP contribution in [0.15, 0.2) is 48.5 Å². The van der Waals surface area contributed by atoms with Crippen molar-refractivity contribution in [3.63, 3.8) is 0 Å². The highest BCUT2D eigenvalue weighted by Gasteiger charge is 2.28. The van der Waals surface area contributed by atoms with Crippen molar-refractivity contribution in [2.45, 2.75) is 64.1 Å². The largest absolute Gasteiger partial charge is 0.352 e. The van der Waals surface area contributed by atoms with Crippen LogP contribution in [0.3, 0.4) is 0 Å². The SMILES string of the molecule is C[C@H](C(=O)NC1CCCC1)N(Cc1ccccc1F)C(=O)CCc1ccccc1Cl. The molecule has 4 nitrogen and oxygen atoms in total. The zero-order valence-electron chi connectivity index (χ0n) is 17.2. The summed E-state index contributed by atoms with van der Waals surface area (Å²) in [5.41, 5.74) is 1.27. The van der Waals surface area contributed by atoms with Crippen molar-refractivity contribution >= 4 is 23.4 Å². The molecular formula is C24H28ClFN2O2. The molecule has 0 unspecified atom stereocenters. The number of nitrogens with one attached hydrogen (secondary N) is 1. The van der Waals surface area contributed by atoms with Gasteiger partial charge in [-0.15, -0.1) is 0 Å². The monoisotopic (exact) mass is 430 g/mol. The second-order valence-corrected chi connectivity index (χ2v) is 8.28. The minimum Gasteiger partial charge on any atom is -0.352 e. The van der Waals surface area contributed by atoms with Gasteiger partial charge in [0, 0.05) is 29.6 Å². The minimum absolute atomic E-state index is 0.0489. The lowest BCUT2D eigenvalue weighted by atomic mass is 10.1. The quantitative estimate of drug-likeness (QED) is 0.648. The first-order chi connectivity index (χ1) is 14.5. The maximum Gasteiger partial charge on any atom is 0.242 e. The Hall–Kier alpha value is -2.40. The molecule has 0 aliphatic heterocycles. The molecule has 1 fully saturated rings. The number of hydrogen-bond donors (Lipinski definition) is 1. The van der Waals surface area contributed by atoms with Crippen LogP contribution in [0.4, 0.5) is 4.39 Å². The molecule has 0 saturated heterocycles. The van der Waals surface area contributed by atoms with E-state index in [0.29, 0.717) is 17.0 Å². The Morgan fingerprint density at radius 2 is 1.73 bits per heavy atom. The summed E-state index contributed by atoms with van der Waals surface area (Å²) in [6.45, 7) is 1.76. The highest BCUT2D eigenvalue weighted by atomic mass is 35.5. The van der Waals surface area contributed by atoms with Gasteiger partial charge in [-0.2, -0.15) is 0 Å². The Balaban J connectivity index is 1.73. The summed E-state index contributed by atoms with van der Waals surface area (Å²) in [6, 6.07) is 13.2. The molecule has 1 atom stereocenters. The van der Waals surface area contributed by atoms with Gasteiger partial charge in [0.05, 0.1) is 0 Å². The van der Waals surface area contributed by atoms with E-state index in [1.165, 1.54) is 11.0 Å². The van der Waals surface area contributed by atoms with Gasteiger partial charge in [0.15, 0.2) is 0 Å². The third-order valence-corrected chi connectivity index (χ3v) is 6.10. The van der Waals surface area contributed by atoms with Gasteiger partial charge >= 0.3 is 0 Å².